The van der Waals surface area contributed by atoms with Crippen molar-refractivity contribution in [1.82, 2.24) is 9.13 Å². The number of aryl methyl sites for hydroxylation is 2. The monoisotopic (exact) mass is 392 g/mol. The number of amides is 1. The zero-order valence-corrected chi connectivity index (χ0v) is 16.6. The summed E-state index contributed by atoms with van der Waals surface area (Å²) >= 11 is 0. The van der Waals surface area contributed by atoms with E-state index in [1.165, 1.54) is 6.08 Å². The average molecular weight is 392 g/mol. The highest BCUT2D eigenvalue weighted by Gasteiger charge is 2.19. The summed E-state index contributed by atoms with van der Waals surface area (Å²) in [4.78, 5) is 27.1. The number of morpholine rings is 1. The van der Waals surface area contributed by atoms with Crippen LogP contribution >= 0.6 is 0 Å². The van der Waals surface area contributed by atoms with Gasteiger partial charge in [-0.15, -0.1) is 0 Å². The van der Waals surface area contributed by atoms with Gasteiger partial charge in [-0.05, 0) is 23.8 Å². The normalized spacial score (nSPS) is 14.6. The molecule has 2 heterocycles. The van der Waals surface area contributed by atoms with E-state index < -0.39 is 0 Å². The summed E-state index contributed by atoms with van der Waals surface area (Å²) < 4.78 is 8.68. The van der Waals surface area contributed by atoms with Gasteiger partial charge in [0.05, 0.1) is 35.6 Å². The first-order chi connectivity index (χ1) is 14.0. The molecule has 150 valence electrons. The quantitative estimate of drug-likeness (QED) is 0.692. The number of rotatable bonds is 4. The van der Waals surface area contributed by atoms with Crippen LogP contribution in [0, 0.1) is 0 Å². The molecule has 0 atom stereocenters. The number of nitrogens with zero attached hydrogens (tertiary/aromatic N) is 3. The maximum Gasteiger partial charge on any atom is 0.328 e. The molecule has 4 rings (SSSR count). The molecule has 0 bridgehead atoms. The predicted molar refractivity (Wildman–Crippen MR) is 115 cm³/mol. The molecule has 2 aromatic carbocycles. The van der Waals surface area contributed by atoms with Crippen LogP contribution in [0.25, 0.3) is 17.1 Å². The number of nitrogens with one attached hydrogen (secondary N) is 1. The Morgan fingerprint density at radius 3 is 2.38 bits per heavy atom. The van der Waals surface area contributed by atoms with Crippen molar-refractivity contribution in [2.24, 2.45) is 14.1 Å². The van der Waals surface area contributed by atoms with E-state index in [4.69, 9.17) is 4.74 Å². The molecule has 0 aliphatic carbocycles. The fourth-order valence-corrected chi connectivity index (χ4v) is 3.61. The molecule has 0 saturated carbocycles. The van der Waals surface area contributed by atoms with E-state index in [2.05, 4.69) is 10.2 Å². The molecule has 0 radical (unpaired) electrons. The molecule has 1 amide bonds. The third kappa shape index (κ3) is 3.82. The van der Waals surface area contributed by atoms with Gasteiger partial charge < -0.3 is 15.0 Å². The van der Waals surface area contributed by atoms with Crippen LogP contribution in [-0.4, -0.2) is 41.3 Å². The lowest BCUT2D eigenvalue weighted by Gasteiger charge is -2.30. The number of carbonyl (C=O) groups excluding carboxylic acids is 1. The van der Waals surface area contributed by atoms with Gasteiger partial charge in [-0.25, -0.2) is 4.79 Å². The van der Waals surface area contributed by atoms with Crippen molar-refractivity contribution in [2.45, 2.75) is 0 Å². The molecule has 1 aliphatic rings. The third-order valence-corrected chi connectivity index (χ3v) is 5.23. The molecule has 1 aromatic heterocycles. The number of hydrogen-bond donors (Lipinski definition) is 1. The second-order valence-corrected chi connectivity index (χ2v) is 7.09. The lowest BCUT2D eigenvalue weighted by molar-refractivity contribution is -0.111. The molecular weight excluding hydrogens is 368 g/mol. The minimum atomic E-state index is -0.219. The first-order valence-electron chi connectivity index (χ1n) is 9.61. The van der Waals surface area contributed by atoms with Crippen LogP contribution in [0.15, 0.2) is 53.3 Å². The van der Waals surface area contributed by atoms with E-state index >= 15 is 0 Å². The Bertz CT molecular complexity index is 1120. The maximum absolute atomic E-state index is 12.6. The van der Waals surface area contributed by atoms with Crippen LogP contribution in [-0.2, 0) is 23.6 Å². The first kappa shape index (κ1) is 19.0. The summed E-state index contributed by atoms with van der Waals surface area (Å²) in [7, 11) is 3.49. The molecule has 1 fully saturated rings. The Morgan fingerprint density at radius 2 is 1.69 bits per heavy atom. The number of carbonyl (C=O) groups is 1. The number of aromatic nitrogens is 2. The second kappa shape index (κ2) is 7.97. The Hall–Kier alpha value is -3.32. The number of anilines is 2. The molecule has 0 spiro atoms. The van der Waals surface area contributed by atoms with E-state index in [9.17, 15) is 9.59 Å². The van der Waals surface area contributed by atoms with Crippen molar-refractivity contribution in [3.05, 3.63) is 64.6 Å². The van der Waals surface area contributed by atoms with Gasteiger partial charge in [0, 0.05) is 33.3 Å². The van der Waals surface area contributed by atoms with Gasteiger partial charge in [0.2, 0.25) is 5.91 Å². The van der Waals surface area contributed by atoms with Crippen LogP contribution in [0.4, 0.5) is 11.4 Å². The van der Waals surface area contributed by atoms with E-state index in [1.54, 1.807) is 29.3 Å². The van der Waals surface area contributed by atoms with Crippen LogP contribution in [0.1, 0.15) is 5.56 Å². The number of benzene rings is 2. The highest BCUT2D eigenvalue weighted by Crippen LogP contribution is 2.31. The number of ether oxygens (including phenoxy) is 1. The smallest absolute Gasteiger partial charge is 0.328 e. The predicted octanol–water partition coefficient (Wildman–Crippen LogP) is 2.37. The van der Waals surface area contributed by atoms with Crippen molar-refractivity contribution in [3.63, 3.8) is 0 Å². The standard InChI is InChI=1S/C22H24N4O3/c1-24-19-14-17(23-21(27)9-8-16-6-4-3-5-7-16)18(26-10-12-29-13-11-26)15-20(19)25(2)22(24)28/h3-9,14-15H,10-13H2,1-2H3,(H,23,27)/b9-8+. The molecule has 0 unspecified atom stereocenters. The van der Waals surface area contributed by atoms with Gasteiger partial charge in [-0.1, -0.05) is 30.3 Å². The molecular formula is C22H24N4O3. The van der Waals surface area contributed by atoms with Crippen molar-refractivity contribution < 1.29 is 9.53 Å². The first-order valence-corrected chi connectivity index (χ1v) is 9.61. The van der Waals surface area contributed by atoms with Gasteiger partial charge in [0.1, 0.15) is 0 Å². The zero-order valence-electron chi connectivity index (χ0n) is 16.6. The van der Waals surface area contributed by atoms with Gasteiger partial charge in [0.15, 0.2) is 0 Å². The fraction of sp³-hybridized carbons (Fsp3) is 0.273. The maximum atomic E-state index is 12.6. The van der Waals surface area contributed by atoms with E-state index in [0.29, 0.717) is 18.9 Å². The third-order valence-electron chi connectivity index (χ3n) is 5.23. The highest BCUT2D eigenvalue weighted by molar-refractivity contribution is 6.05. The fourth-order valence-electron chi connectivity index (χ4n) is 3.61. The summed E-state index contributed by atoms with van der Waals surface area (Å²) in [6.07, 6.45) is 3.30. The van der Waals surface area contributed by atoms with Crippen LogP contribution in [0.5, 0.6) is 0 Å². The average Bonchev–Trinajstić information content (AvgIpc) is 2.97. The summed E-state index contributed by atoms with van der Waals surface area (Å²) in [5.41, 5.74) is 4.04. The van der Waals surface area contributed by atoms with Crippen molar-refractivity contribution >= 4 is 34.4 Å². The summed E-state index contributed by atoms with van der Waals surface area (Å²) in [5, 5.41) is 2.99. The minimum Gasteiger partial charge on any atom is -0.378 e. The van der Waals surface area contributed by atoms with Gasteiger partial charge in [0.25, 0.3) is 0 Å². The largest absolute Gasteiger partial charge is 0.378 e. The van der Waals surface area contributed by atoms with Crippen molar-refractivity contribution in [1.29, 1.82) is 0 Å². The number of imidazole rings is 1. The Labute approximate surface area is 168 Å². The minimum absolute atomic E-state index is 0.0969. The highest BCUT2D eigenvalue weighted by atomic mass is 16.5. The van der Waals surface area contributed by atoms with E-state index in [-0.39, 0.29) is 11.6 Å². The van der Waals surface area contributed by atoms with Gasteiger partial charge in [-0.2, -0.15) is 0 Å². The SMILES string of the molecule is Cn1c(=O)n(C)c2cc(N3CCOCC3)c(NC(=O)/C=C/c3ccccc3)cc21. The Kier molecular flexibility index (Phi) is 5.22. The number of fused-ring (bicyclic) bond motifs is 1. The second-order valence-electron chi connectivity index (χ2n) is 7.09. The van der Waals surface area contributed by atoms with Gasteiger partial charge >= 0.3 is 5.69 Å². The molecule has 1 N–H and O–H groups in total. The van der Waals surface area contributed by atoms with Crippen molar-refractivity contribution in [2.75, 3.05) is 36.5 Å². The molecule has 3 aromatic rings. The molecule has 7 heteroatoms. The van der Waals surface area contributed by atoms with Crippen LogP contribution in [0.2, 0.25) is 0 Å². The Morgan fingerprint density at radius 1 is 1.03 bits per heavy atom. The Balaban J connectivity index is 1.71. The van der Waals surface area contributed by atoms with E-state index in [1.807, 2.05) is 42.5 Å². The van der Waals surface area contributed by atoms with Gasteiger partial charge in [-0.3, -0.25) is 13.9 Å². The molecule has 7 nitrogen and oxygen atoms in total. The summed E-state index contributed by atoms with van der Waals surface area (Å²) in [6.45, 7) is 2.73. The molecule has 29 heavy (non-hydrogen) atoms. The lowest BCUT2D eigenvalue weighted by Crippen LogP contribution is -2.36. The summed E-state index contributed by atoms with van der Waals surface area (Å²) in [5.74, 6) is -0.219. The molecule has 1 saturated heterocycles. The van der Waals surface area contributed by atoms with Crippen molar-refractivity contribution in [3.8, 4) is 0 Å². The number of hydrogen-bond acceptors (Lipinski definition) is 4. The van der Waals surface area contributed by atoms with E-state index in [0.717, 1.165) is 35.4 Å². The topological polar surface area (TPSA) is 68.5 Å². The summed E-state index contributed by atoms with van der Waals surface area (Å²) in [6, 6.07) is 13.5. The zero-order chi connectivity index (χ0) is 20.4. The molecule has 1 aliphatic heterocycles. The van der Waals surface area contributed by atoms with Crippen LogP contribution < -0.4 is 15.9 Å². The lowest BCUT2D eigenvalue weighted by atomic mass is 10.2. The van der Waals surface area contributed by atoms with Crippen LogP contribution in [0.3, 0.4) is 0 Å².